The molecule has 0 aromatic heterocycles. The third-order valence-electron chi connectivity index (χ3n) is 5.28. The molecule has 0 atom stereocenters. The molecule has 0 saturated carbocycles. The van der Waals surface area contributed by atoms with Gasteiger partial charge in [0.1, 0.15) is 18.1 Å². The van der Waals surface area contributed by atoms with Crippen LogP contribution in [0.4, 0.5) is 0 Å². The summed E-state index contributed by atoms with van der Waals surface area (Å²) in [7, 11) is 5.67. The van der Waals surface area contributed by atoms with E-state index < -0.39 is 0 Å². The Morgan fingerprint density at radius 3 is 1.78 bits per heavy atom. The van der Waals surface area contributed by atoms with Crippen LogP contribution in [0.2, 0.25) is 0 Å². The summed E-state index contributed by atoms with van der Waals surface area (Å²) < 4.78 is 11.6. The molecule has 0 unspecified atom stereocenters. The van der Waals surface area contributed by atoms with E-state index in [0.717, 1.165) is 40.8 Å². The maximum Gasteiger partial charge on any atom is 0.161 e. The van der Waals surface area contributed by atoms with Crippen molar-refractivity contribution < 1.29 is 19.7 Å². The highest BCUT2D eigenvalue weighted by atomic mass is 16.5. The molecule has 3 aromatic carbocycles. The number of ether oxygens (including phenoxy) is 2. The summed E-state index contributed by atoms with van der Waals surface area (Å²) in [6.45, 7) is 3.51. The lowest BCUT2D eigenvalue weighted by Gasteiger charge is -2.18. The summed E-state index contributed by atoms with van der Waals surface area (Å²) in [6, 6.07) is 20.4. The highest BCUT2D eigenvalue weighted by molar-refractivity contribution is 5.98. The normalized spacial score (nSPS) is 10.8. The first-order valence-corrected chi connectivity index (χ1v) is 10.7. The van der Waals surface area contributed by atoms with E-state index >= 15 is 0 Å². The van der Waals surface area contributed by atoms with E-state index in [1.165, 1.54) is 0 Å². The number of hydrogen-bond acceptors (Lipinski definition) is 5. The van der Waals surface area contributed by atoms with Crippen molar-refractivity contribution in [3.8, 4) is 23.0 Å². The van der Waals surface area contributed by atoms with E-state index in [0.29, 0.717) is 18.1 Å². The summed E-state index contributed by atoms with van der Waals surface area (Å²) in [4.78, 5) is 2.07. The minimum atomic E-state index is 0.220. The molecule has 32 heavy (non-hydrogen) atoms. The zero-order chi connectivity index (χ0) is 23.1. The van der Waals surface area contributed by atoms with Crippen LogP contribution < -0.4 is 9.47 Å². The average molecular weight is 434 g/mol. The molecule has 0 bridgehead atoms. The molecule has 0 spiro atoms. The van der Waals surface area contributed by atoms with Crippen LogP contribution in [-0.4, -0.2) is 49.5 Å². The first-order valence-electron chi connectivity index (χ1n) is 10.7. The zero-order valence-electron chi connectivity index (χ0n) is 19.1. The SMILES string of the molecule is CCC(=C(c1ccc(O)cc1)c1ccc(O)cc1)c1ccc(OCCN(C)C)c(OC)c1. The number of methoxy groups -OCH3 is 1. The average Bonchev–Trinajstić information content (AvgIpc) is 2.79. The van der Waals surface area contributed by atoms with Crippen LogP contribution in [0.25, 0.3) is 11.1 Å². The summed E-state index contributed by atoms with van der Waals surface area (Å²) in [5.41, 5.74) is 5.15. The second-order valence-corrected chi connectivity index (χ2v) is 7.82. The van der Waals surface area contributed by atoms with Gasteiger partial charge in [-0.3, -0.25) is 0 Å². The molecule has 2 N–H and O–H groups in total. The number of benzene rings is 3. The summed E-state index contributed by atoms with van der Waals surface area (Å²) in [5, 5.41) is 19.6. The lowest BCUT2D eigenvalue weighted by molar-refractivity contribution is 0.250. The fourth-order valence-corrected chi connectivity index (χ4v) is 3.61. The van der Waals surface area contributed by atoms with Gasteiger partial charge in [-0.1, -0.05) is 37.3 Å². The molecular formula is C27H31NO4. The number of likely N-dealkylation sites (N-methyl/N-ethyl adjacent to an activating group) is 1. The van der Waals surface area contributed by atoms with Gasteiger partial charge in [-0.2, -0.15) is 0 Å². The van der Waals surface area contributed by atoms with Crippen molar-refractivity contribution in [2.75, 3.05) is 34.4 Å². The minimum absolute atomic E-state index is 0.220. The molecule has 0 fully saturated rings. The number of allylic oxidation sites excluding steroid dienone is 1. The van der Waals surface area contributed by atoms with Crippen molar-refractivity contribution in [2.45, 2.75) is 13.3 Å². The lowest BCUT2D eigenvalue weighted by Crippen LogP contribution is -2.19. The van der Waals surface area contributed by atoms with Crippen molar-refractivity contribution >= 4 is 11.1 Å². The highest BCUT2D eigenvalue weighted by Crippen LogP contribution is 2.38. The van der Waals surface area contributed by atoms with Crippen molar-refractivity contribution in [1.82, 2.24) is 4.90 Å². The van der Waals surface area contributed by atoms with Crippen LogP contribution in [0.3, 0.4) is 0 Å². The predicted octanol–water partition coefficient (Wildman–Crippen LogP) is 5.42. The number of rotatable bonds is 9. The quantitative estimate of drug-likeness (QED) is 0.442. The number of phenolic OH excluding ortho intramolecular Hbond substituents is 2. The smallest absolute Gasteiger partial charge is 0.161 e. The standard InChI is InChI=1S/C27H31NO4/c1-5-24(21-10-15-25(26(18-21)31-4)32-17-16-28(2)3)27(19-6-11-22(29)12-7-19)20-8-13-23(30)14-9-20/h6-15,18,29-30H,5,16-17H2,1-4H3. The predicted molar refractivity (Wildman–Crippen MR) is 129 cm³/mol. The summed E-state index contributed by atoms with van der Waals surface area (Å²) in [5.74, 6) is 1.84. The van der Waals surface area contributed by atoms with Crippen molar-refractivity contribution in [1.29, 1.82) is 0 Å². The van der Waals surface area contributed by atoms with Gasteiger partial charge in [-0.25, -0.2) is 0 Å². The van der Waals surface area contributed by atoms with Gasteiger partial charge < -0.3 is 24.6 Å². The Hall–Kier alpha value is -3.44. The number of nitrogens with zero attached hydrogens (tertiary/aromatic N) is 1. The number of hydrogen-bond donors (Lipinski definition) is 2. The van der Waals surface area contributed by atoms with Crippen molar-refractivity contribution in [3.05, 3.63) is 83.4 Å². The van der Waals surface area contributed by atoms with Crippen molar-refractivity contribution in [3.63, 3.8) is 0 Å². The maximum absolute atomic E-state index is 9.78. The molecule has 0 amide bonds. The molecule has 3 aromatic rings. The Morgan fingerprint density at radius 2 is 1.31 bits per heavy atom. The zero-order valence-corrected chi connectivity index (χ0v) is 19.1. The first kappa shape index (κ1) is 23.2. The van der Waals surface area contributed by atoms with Crippen LogP contribution in [0.15, 0.2) is 66.7 Å². The number of phenols is 2. The Bertz CT molecular complexity index is 1010. The van der Waals surface area contributed by atoms with Gasteiger partial charge in [0.2, 0.25) is 0 Å². The van der Waals surface area contributed by atoms with Crippen LogP contribution in [0, 0.1) is 0 Å². The third-order valence-corrected chi connectivity index (χ3v) is 5.28. The second kappa shape index (κ2) is 10.7. The van der Waals surface area contributed by atoms with Gasteiger partial charge in [-0.15, -0.1) is 0 Å². The maximum atomic E-state index is 9.78. The van der Waals surface area contributed by atoms with E-state index in [9.17, 15) is 10.2 Å². The molecule has 0 saturated heterocycles. The minimum Gasteiger partial charge on any atom is -0.508 e. The Labute approximate surface area is 190 Å². The Morgan fingerprint density at radius 1 is 0.781 bits per heavy atom. The van der Waals surface area contributed by atoms with Crippen LogP contribution in [0.1, 0.15) is 30.0 Å². The van der Waals surface area contributed by atoms with Crippen molar-refractivity contribution in [2.24, 2.45) is 0 Å². The van der Waals surface area contributed by atoms with E-state index in [1.54, 1.807) is 31.4 Å². The molecular weight excluding hydrogens is 402 g/mol. The van der Waals surface area contributed by atoms with E-state index in [1.807, 2.05) is 56.6 Å². The second-order valence-electron chi connectivity index (χ2n) is 7.82. The van der Waals surface area contributed by atoms with E-state index in [-0.39, 0.29) is 11.5 Å². The lowest BCUT2D eigenvalue weighted by atomic mass is 9.88. The van der Waals surface area contributed by atoms with Gasteiger partial charge in [0.15, 0.2) is 11.5 Å². The Balaban J connectivity index is 2.11. The van der Waals surface area contributed by atoms with Crippen LogP contribution in [-0.2, 0) is 0 Å². The van der Waals surface area contributed by atoms with Gasteiger partial charge in [-0.05, 0) is 84.8 Å². The summed E-state index contributed by atoms with van der Waals surface area (Å²) >= 11 is 0. The third kappa shape index (κ3) is 5.62. The monoisotopic (exact) mass is 433 g/mol. The molecule has 0 heterocycles. The van der Waals surface area contributed by atoms with Gasteiger partial charge in [0.25, 0.3) is 0 Å². The molecule has 168 valence electrons. The fraction of sp³-hybridized carbons (Fsp3) is 0.259. The summed E-state index contributed by atoms with van der Waals surface area (Å²) in [6.07, 6.45) is 0.779. The molecule has 3 rings (SSSR count). The first-order chi connectivity index (χ1) is 15.4. The molecule has 0 aliphatic rings. The van der Waals surface area contributed by atoms with E-state index in [4.69, 9.17) is 9.47 Å². The Kier molecular flexibility index (Phi) is 7.79. The molecule has 0 aliphatic carbocycles. The number of aromatic hydroxyl groups is 2. The fourth-order valence-electron chi connectivity index (χ4n) is 3.61. The van der Waals surface area contributed by atoms with Gasteiger partial charge in [0, 0.05) is 6.54 Å². The van der Waals surface area contributed by atoms with Crippen LogP contribution >= 0.6 is 0 Å². The van der Waals surface area contributed by atoms with Crippen LogP contribution in [0.5, 0.6) is 23.0 Å². The highest BCUT2D eigenvalue weighted by Gasteiger charge is 2.15. The van der Waals surface area contributed by atoms with E-state index in [2.05, 4.69) is 11.8 Å². The largest absolute Gasteiger partial charge is 0.508 e. The topological polar surface area (TPSA) is 62.2 Å². The molecule has 5 heteroatoms. The van der Waals surface area contributed by atoms with Gasteiger partial charge >= 0.3 is 0 Å². The molecule has 0 radical (unpaired) electrons. The van der Waals surface area contributed by atoms with Gasteiger partial charge in [0.05, 0.1) is 7.11 Å². The molecule has 0 aliphatic heterocycles. The molecule has 5 nitrogen and oxygen atoms in total.